The van der Waals surface area contributed by atoms with Crippen molar-refractivity contribution in [3.8, 4) is 0 Å². The van der Waals surface area contributed by atoms with Gasteiger partial charge in [0.15, 0.2) is 0 Å². The first-order chi connectivity index (χ1) is 7.40. The van der Waals surface area contributed by atoms with Gasteiger partial charge in [0.05, 0.1) is 12.7 Å². The second-order valence-corrected chi connectivity index (χ2v) is 4.09. The molecule has 1 aliphatic heterocycles. The van der Waals surface area contributed by atoms with Crippen molar-refractivity contribution in [1.29, 1.82) is 0 Å². The van der Waals surface area contributed by atoms with Crippen LogP contribution in [0.5, 0.6) is 0 Å². The molecule has 0 aromatic heterocycles. The summed E-state index contributed by atoms with van der Waals surface area (Å²) in [4.78, 5) is 2.43. The van der Waals surface area contributed by atoms with Gasteiger partial charge in [-0.05, 0) is 18.6 Å². The van der Waals surface area contributed by atoms with Crippen LogP contribution in [-0.4, -0.2) is 25.8 Å². The monoisotopic (exact) mass is 205 g/mol. The summed E-state index contributed by atoms with van der Waals surface area (Å²) in [6.45, 7) is 5.36. The van der Waals surface area contributed by atoms with Crippen molar-refractivity contribution in [3.63, 3.8) is 0 Å². The number of anilines is 1. The van der Waals surface area contributed by atoms with Crippen LogP contribution in [0.1, 0.15) is 19.8 Å². The van der Waals surface area contributed by atoms with E-state index in [0.29, 0.717) is 6.10 Å². The Morgan fingerprint density at radius 3 is 2.67 bits per heavy atom. The molecule has 0 N–H and O–H groups in total. The summed E-state index contributed by atoms with van der Waals surface area (Å²) in [5.74, 6) is 0. The number of epoxide rings is 1. The summed E-state index contributed by atoms with van der Waals surface area (Å²) in [6, 6.07) is 10.6. The zero-order valence-corrected chi connectivity index (χ0v) is 9.36. The van der Waals surface area contributed by atoms with E-state index in [2.05, 4.69) is 42.2 Å². The highest BCUT2D eigenvalue weighted by atomic mass is 16.6. The molecule has 2 rings (SSSR count). The molecule has 82 valence electrons. The normalized spacial score (nSPS) is 18.9. The molecule has 0 amide bonds. The number of nitrogens with zero attached hydrogens (tertiary/aromatic N) is 1. The van der Waals surface area contributed by atoms with Crippen LogP contribution in [-0.2, 0) is 4.74 Å². The third-order valence-electron chi connectivity index (χ3n) is 2.73. The molecule has 1 aromatic carbocycles. The smallest absolute Gasteiger partial charge is 0.0984 e. The van der Waals surface area contributed by atoms with E-state index in [-0.39, 0.29) is 0 Å². The van der Waals surface area contributed by atoms with Gasteiger partial charge in [-0.2, -0.15) is 0 Å². The molecular weight excluding hydrogens is 186 g/mol. The zero-order valence-electron chi connectivity index (χ0n) is 9.36. The quantitative estimate of drug-likeness (QED) is 0.664. The van der Waals surface area contributed by atoms with Crippen LogP contribution >= 0.6 is 0 Å². The lowest BCUT2D eigenvalue weighted by molar-refractivity contribution is 0.406. The molecule has 1 unspecified atom stereocenters. The Kier molecular flexibility index (Phi) is 3.62. The lowest BCUT2D eigenvalue weighted by atomic mass is 10.2. The van der Waals surface area contributed by atoms with E-state index in [4.69, 9.17) is 4.74 Å². The molecule has 1 saturated heterocycles. The molecule has 0 saturated carbocycles. The topological polar surface area (TPSA) is 15.8 Å². The van der Waals surface area contributed by atoms with E-state index in [0.717, 1.165) is 19.7 Å². The van der Waals surface area contributed by atoms with Gasteiger partial charge in [0.2, 0.25) is 0 Å². The van der Waals surface area contributed by atoms with E-state index in [1.54, 1.807) is 0 Å². The zero-order chi connectivity index (χ0) is 10.5. The highest BCUT2D eigenvalue weighted by Crippen LogP contribution is 2.18. The highest BCUT2D eigenvalue weighted by molar-refractivity contribution is 5.46. The Hall–Kier alpha value is -1.02. The third kappa shape index (κ3) is 3.24. The molecule has 0 spiro atoms. The molecule has 2 heteroatoms. The van der Waals surface area contributed by atoms with Gasteiger partial charge in [0.1, 0.15) is 0 Å². The minimum absolute atomic E-state index is 0.474. The molecule has 1 fully saturated rings. The van der Waals surface area contributed by atoms with Gasteiger partial charge in [-0.1, -0.05) is 31.5 Å². The van der Waals surface area contributed by atoms with Gasteiger partial charge < -0.3 is 9.64 Å². The molecule has 2 nitrogen and oxygen atoms in total. The maximum Gasteiger partial charge on any atom is 0.0984 e. The molecule has 1 aliphatic rings. The Morgan fingerprint density at radius 2 is 2.07 bits per heavy atom. The maximum atomic E-state index is 5.30. The molecular formula is C13H19NO. The number of hydrogen-bond donors (Lipinski definition) is 0. The second-order valence-electron chi connectivity index (χ2n) is 4.09. The van der Waals surface area contributed by atoms with E-state index < -0.39 is 0 Å². The van der Waals surface area contributed by atoms with Crippen molar-refractivity contribution in [2.24, 2.45) is 0 Å². The fraction of sp³-hybridized carbons (Fsp3) is 0.538. The Balaban J connectivity index is 1.96. The lowest BCUT2D eigenvalue weighted by Gasteiger charge is -2.23. The molecule has 0 radical (unpaired) electrons. The first-order valence-corrected chi connectivity index (χ1v) is 5.81. The van der Waals surface area contributed by atoms with Crippen LogP contribution in [0.3, 0.4) is 0 Å². The first kappa shape index (κ1) is 10.5. The van der Waals surface area contributed by atoms with Crippen molar-refractivity contribution < 1.29 is 4.74 Å². The predicted octanol–water partition coefficient (Wildman–Crippen LogP) is 2.69. The fourth-order valence-corrected chi connectivity index (χ4v) is 1.73. The van der Waals surface area contributed by atoms with E-state index >= 15 is 0 Å². The van der Waals surface area contributed by atoms with Crippen LogP contribution in [0.25, 0.3) is 0 Å². The maximum absolute atomic E-state index is 5.30. The number of benzene rings is 1. The summed E-state index contributed by atoms with van der Waals surface area (Å²) in [5.41, 5.74) is 1.32. The molecule has 1 heterocycles. The van der Waals surface area contributed by atoms with Crippen molar-refractivity contribution in [2.45, 2.75) is 25.9 Å². The van der Waals surface area contributed by atoms with Crippen LogP contribution < -0.4 is 4.90 Å². The van der Waals surface area contributed by atoms with Crippen molar-refractivity contribution in [1.82, 2.24) is 0 Å². The van der Waals surface area contributed by atoms with Crippen molar-refractivity contribution in [3.05, 3.63) is 30.3 Å². The van der Waals surface area contributed by atoms with Gasteiger partial charge >= 0.3 is 0 Å². The van der Waals surface area contributed by atoms with Crippen LogP contribution in [0.2, 0.25) is 0 Å². The third-order valence-corrected chi connectivity index (χ3v) is 2.73. The average Bonchev–Trinajstić information content (AvgIpc) is 3.09. The lowest BCUT2D eigenvalue weighted by Crippen LogP contribution is -2.28. The fourth-order valence-electron chi connectivity index (χ4n) is 1.73. The Morgan fingerprint density at radius 1 is 1.33 bits per heavy atom. The number of para-hydroxylation sites is 1. The molecule has 0 bridgehead atoms. The van der Waals surface area contributed by atoms with Gasteiger partial charge in [-0.25, -0.2) is 0 Å². The van der Waals surface area contributed by atoms with Crippen LogP contribution in [0, 0.1) is 0 Å². The van der Waals surface area contributed by atoms with E-state index in [9.17, 15) is 0 Å². The Bertz CT molecular complexity index is 282. The molecule has 1 atom stereocenters. The predicted molar refractivity (Wildman–Crippen MR) is 63.3 cm³/mol. The van der Waals surface area contributed by atoms with E-state index in [1.807, 2.05) is 0 Å². The second kappa shape index (κ2) is 5.17. The summed E-state index contributed by atoms with van der Waals surface area (Å²) in [5, 5.41) is 0. The molecule has 15 heavy (non-hydrogen) atoms. The Labute approximate surface area is 91.9 Å². The summed E-state index contributed by atoms with van der Waals surface area (Å²) < 4.78 is 5.30. The van der Waals surface area contributed by atoms with Crippen LogP contribution in [0.4, 0.5) is 5.69 Å². The SMILES string of the molecule is CCCCN(CC1CO1)c1ccccc1. The largest absolute Gasteiger partial charge is 0.371 e. The van der Waals surface area contributed by atoms with Crippen molar-refractivity contribution in [2.75, 3.05) is 24.6 Å². The number of hydrogen-bond acceptors (Lipinski definition) is 2. The van der Waals surface area contributed by atoms with Gasteiger partial charge in [-0.3, -0.25) is 0 Å². The van der Waals surface area contributed by atoms with Crippen LogP contribution in [0.15, 0.2) is 30.3 Å². The highest BCUT2D eigenvalue weighted by Gasteiger charge is 2.25. The van der Waals surface area contributed by atoms with E-state index in [1.165, 1.54) is 18.5 Å². The average molecular weight is 205 g/mol. The van der Waals surface area contributed by atoms with Gasteiger partial charge in [0, 0.05) is 18.8 Å². The summed E-state index contributed by atoms with van der Waals surface area (Å²) in [7, 11) is 0. The minimum Gasteiger partial charge on any atom is -0.371 e. The van der Waals surface area contributed by atoms with Gasteiger partial charge in [0.25, 0.3) is 0 Å². The minimum atomic E-state index is 0.474. The molecule has 0 aliphatic carbocycles. The number of unbranched alkanes of at least 4 members (excludes halogenated alkanes) is 1. The molecule has 1 aromatic rings. The standard InChI is InChI=1S/C13H19NO/c1-2-3-9-14(10-13-11-15-13)12-7-5-4-6-8-12/h4-8,13H,2-3,9-11H2,1H3. The summed E-state index contributed by atoms with van der Waals surface area (Å²) in [6.07, 6.45) is 2.97. The number of ether oxygens (including phenoxy) is 1. The summed E-state index contributed by atoms with van der Waals surface area (Å²) >= 11 is 0. The van der Waals surface area contributed by atoms with Gasteiger partial charge in [-0.15, -0.1) is 0 Å². The number of rotatable bonds is 6. The van der Waals surface area contributed by atoms with Crippen molar-refractivity contribution >= 4 is 5.69 Å². The first-order valence-electron chi connectivity index (χ1n) is 5.81.